The van der Waals surface area contributed by atoms with Crippen molar-refractivity contribution in [2.45, 2.75) is 19.9 Å². The van der Waals surface area contributed by atoms with Crippen LogP contribution in [0.1, 0.15) is 19.2 Å². The predicted octanol–water partition coefficient (Wildman–Crippen LogP) is 0.313. The molecule has 0 aliphatic carbocycles. The summed E-state index contributed by atoms with van der Waals surface area (Å²) < 4.78 is 1.91. The Morgan fingerprint density at radius 1 is 1.06 bits per heavy atom. The van der Waals surface area contributed by atoms with Crippen LogP contribution in [-0.2, 0) is 11.3 Å². The number of nitrogens with zero attached hydrogens (tertiary/aromatic N) is 8. The van der Waals surface area contributed by atoms with E-state index in [9.17, 15) is 4.79 Å². The number of carbonyl (C=O) groups is 1. The normalized spacial score (nSPS) is 14.6. The van der Waals surface area contributed by atoms with E-state index >= 15 is 0 Å². The summed E-state index contributed by atoms with van der Waals surface area (Å²) >= 11 is 0. The first-order chi connectivity index (χ1) is 15.7. The van der Waals surface area contributed by atoms with Crippen LogP contribution in [0, 0.1) is 0 Å². The summed E-state index contributed by atoms with van der Waals surface area (Å²) in [6.07, 6.45) is 5.80. The zero-order valence-electron chi connectivity index (χ0n) is 18.2. The molecular weight excluding hydrogens is 408 g/mol. The van der Waals surface area contributed by atoms with E-state index in [0.29, 0.717) is 44.5 Å². The summed E-state index contributed by atoms with van der Waals surface area (Å²) in [5, 5.41) is 14.8. The van der Waals surface area contributed by atoms with Crippen LogP contribution >= 0.6 is 0 Å². The fourth-order valence-corrected chi connectivity index (χ4v) is 3.55. The molecule has 0 aromatic carbocycles. The average Bonchev–Trinajstić information content (AvgIpc) is 3.26. The fourth-order valence-electron chi connectivity index (χ4n) is 3.55. The van der Waals surface area contributed by atoms with Gasteiger partial charge in [-0.25, -0.2) is 15.0 Å². The molecule has 4 heterocycles. The van der Waals surface area contributed by atoms with Crippen LogP contribution in [0.4, 0.5) is 5.95 Å². The van der Waals surface area contributed by atoms with Gasteiger partial charge in [0.25, 0.3) is 0 Å². The van der Waals surface area contributed by atoms with Crippen molar-refractivity contribution in [3.63, 3.8) is 0 Å². The van der Waals surface area contributed by atoms with Crippen LogP contribution in [-0.4, -0.2) is 80.6 Å². The van der Waals surface area contributed by atoms with Crippen molar-refractivity contribution in [3.05, 3.63) is 48.7 Å². The molecule has 1 aliphatic heterocycles. The second-order valence-electron chi connectivity index (χ2n) is 7.33. The molecule has 168 valence electrons. The molecule has 3 aromatic heterocycles. The van der Waals surface area contributed by atoms with Gasteiger partial charge in [-0.1, -0.05) is 6.07 Å². The highest BCUT2D eigenvalue weighted by molar-refractivity contribution is 5.81. The number of carbonyl (C=O) groups excluding carboxylic acids is 1. The first kappa shape index (κ1) is 21.5. The zero-order chi connectivity index (χ0) is 22.2. The molecule has 1 aliphatic rings. The lowest BCUT2D eigenvalue weighted by Gasteiger charge is -2.34. The maximum absolute atomic E-state index is 12.6. The summed E-state index contributed by atoms with van der Waals surface area (Å²) in [4.78, 5) is 29.8. The number of aliphatic imine (C=N–C) groups is 1. The van der Waals surface area contributed by atoms with Gasteiger partial charge in [0, 0.05) is 64.3 Å². The first-order valence-corrected chi connectivity index (χ1v) is 10.8. The van der Waals surface area contributed by atoms with Gasteiger partial charge in [-0.3, -0.25) is 9.20 Å². The monoisotopic (exact) mass is 436 g/mol. The van der Waals surface area contributed by atoms with E-state index in [2.05, 4.69) is 40.7 Å². The Labute approximate surface area is 186 Å². The van der Waals surface area contributed by atoms with E-state index in [-0.39, 0.29) is 5.91 Å². The smallest absolute Gasteiger partial charge is 0.225 e. The summed E-state index contributed by atoms with van der Waals surface area (Å²) in [6, 6.07) is 7.57. The summed E-state index contributed by atoms with van der Waals surface area (Å²) in [5.41, 5.74) is 0.792. The SMILES string of the molecule is CCNC(=NCc1nnc2ccccn12)NCCC(=O)N1CCN(c2ncccn2)CC1. The van der Waals surface area contributed by atoms with Crippen molar-refractivity contribution in [3.8, 4) is 0 Å². The number of anilines is 1. The molecule has 3 aromatic rings. The zero-order valence-corrected chi connectivity index (χ0v) is 18.2. The number of amides is 1. The Kier molecular flexibility index (Phi) is 7.05. The van der Waals surface area contributed by atoms with Gasteiger partial charge in [0.1, 0.15) is 6.54 Å². The molecule has 11 heteroatoms. The molecule has 1 saturated heterocycles. The topological polar surface area (TPSA) is 116 Å². The molecule has 1 fully saturated rings. The maximum atomic E-state index is 12.6. The number of piperazine rings is 1. The van der Waals surface area contributed by atoms with Crippen LogP contribution in [0.5, 0.6) is 0 Å². The molecule has 0 radical (unpaired) electrons. The first-order valence-electron chi connectivity index (χ1n) is 10.8. The van der Waals surface area contributed by atoms with Gasteiger partial charge in [0.2, 0.25) is 11.9 Å². The number of guanidine groups is 1. The van der Waals surface area contributed by atoms with Gasteiger partial charge in [-0.05, 0) is 25.1 Å². The largest absolute Gasteiger partial charge is 0.357 e. The quantitative estimate of drug-likeness (QED) is 0.402. The second kappa shape index (κ2) is 10.5. The minimum absolute atomic E-state index is 0.130. The van der Waals surface area contributed by atoms with Gasteiger partial charge in [-0.15, -0.1) is 10.2 Å². The minimum Gasteiger partial charge on any atom is -0.357 e. The van der Waals surface area contributed by atoms with Crippen LogP contribution in [0.25, 0.3) is 5.65 Å². The Morgan fingerprint density at radius 3 is 2.66 bits per heavy atom. The molecule has 32 heavy (non-hydrogen) atoms. The van der Waals surface area contributed by atoms with E-state index in [1.54, 1.807) is 18.5 Å². The van der Waals surface area contributed by atoms with E-state index in [1.165, 1.54) is 0 Å². The Balaban J connectivity index is 1.24. The van der Waals surface area contributed by atoms with E-state index < -0.39 is 0 Å². The van der Waals surface area contributed by atoms with Crippen LogP contribution in [0.15, 0.2) is 47.8 Å². The van der Waals surface area contributed by atoms with Crippen molar-refractivity contribution in [1.82, 2.24) is 40.1 Å². The van der Waals surface area contributed by atoms with Gasteiger partial charge < -0.3 is 20.4 Å². The third-order valence-electron chi connectivity index (χ3n) is 5.21. The number of fused-ring (bicyclic) bond motifs is 1. The Bertz CT molecular complexity index is 1040. The second-order valence-corrected chi connectivity index (χ2v) is 7.33. The molecule has 0 unspecified atom stereocenters. The molecule has 0 bridgehead atoms. The third kappa shape index (κ3) is 5.29. The molecular formula is C21H28N10O. The average molecular weight is 437 g/mol. The highest BCUT2D eigenvalue weighted by Gasteiger charge is 2.22. The fraction of sp³-hybridized carbons (Fsp3) is 0.429. The standard InChI is InChI=1S/C21H28N10O/c1-2-22-20(26-16-18-28-27-17-6-3-4-11-31(17)18)23-10-7-19(32)29-12-14-30(15-13-29)21-24-8-5-9-25-21/h3-6,8-9,11H,2,7,10,12-16H2,1H3,(H2,22,23,26). The van der Waals surface area contributed by atoms with Crippen LogP contribution in [0.2, 0.25) is 0 Å². The number of nitrogens with one attached hydrogen (secondary N) is 2. The number of rotatable bonds is 7. The van der Waals surface area contributed by atoms with Crippen molar-refractivity contribution in [2.75, 3.05) is 44.2 Å². The lowest BCUT2D eigenvalue weighted by molar-refractivity contribution is -0.131. The number of aromatic nitrogens is 5. The summed E-state index contributed by atoms with van der Waals surface area (Å²) in [5.74, 6) is 2.26. The maximum Gasteiger partial charge on any atom is 0.225 e. The number of pyridine rings is 1. The summed E-state index contributed by atoms with van der Waals surface area (Å²) in [6.45, 7) is 6.44. The van der Waals surface area contributed by atoms with Gasteiger partial charge in [0.05, 0.1) is 0 Å². The lowest BCUT2D eigenvalue weighted by Crippen LogP contribution is -2.50. The summed E-state index contributed by atoms with van der Waals surface area (Å²) in [7, 11) is 0. The molecule has 4 rings (SSSR count). The van der Waals surface area contributed by atoms with Gasteiger partial charge >= 0.3 is 0 Å². The highest BCUT2D eigenvalue weighted by atomic mass is 16.2. The van der Waals surface area contributed by atoms with Crippen LogP contribution < -0.4 is 15.5 Å². The van der Waals surface area contributed by atoms with Crippen molar-refractivity contribution in [2.24, 2.45) is 4.99 Å². The van der Waals surface area contributed by atoms with E-state index in [0.717, 1.165) is 31.1 Å². The Morgan fingerprint density at radius 2 is 1.88 bits per heavy atom. The molecule has 1 amide bonds. The number of hydrogen-bond acceptors (Lipinski definition) is 7. The van der Waals surface area contributed by atoms with Crippen molar-refractivity contribution in [1.29, 1.82) is 0 Å². The number of hydrogen-bond donors (Lipinski definition) is 2. The van der Waals surface area contributed by atoms with Gasteiger partial charge in [0.15, 0.2) is 17.4 Å². The highest BCUT2D eigenvalue weighted by Crippen LogP contribution is 2.10. The Hall–Kier alpha value is -3.76. The molecule has 11 nitrogen and oxygen atoms in total. The van der Waals surface area contributed by atoms with E-state index in [4.69, 9.17) is 0 Å². The predicted molar refractivity (Wildman–Crippen MR) is 121 cm³/mol. The van der Waals surface area contributed by atoms with Crippen LogP contribution in [0.3, 0.4) is 0 Å². The lowest BCUT2D eigenvalue weighted by atomic mass is 10.3. The molecule has 0 saturated carbocycles. The van der Waals surface area contributed by atoms with Crippen molar-refractivity contribution < 1.29 is 4.79 Å². The molecule has 0 spiro atoms. The molecule has 2 N–H and O–H groups in total. The minimum atomic E-state index is 0.130. The van der Waals surface area contributed by atoms with Crippen molar-refractivity contribution >= 4 is 23.5 Å². The third-order valence-corrected chi connectivity index (χ3v) is 5.21. The van der Waals surface area contributed by atoms with Gasteiger partial charge in [-0.2, -0.15) is 0 Å². The molecule has 0 atom stereocenters. The van der Waals surface area contributed by atoms with E-state index in [1.807, 2.05) is 40.6 Å².